The molecule has 0 heterocycles. The van der Waals surface area contributed by atoms with E-state index in [0.29, 0.717) is 16.7 Å². The maximum absolute atomic E-state index is 13.0. The molecule has 4 fully saturated rings. The van der Waals surface area contributed by atoms with Gasteiger partial charge >= 0.3 is 11.9 Å². The Balaban J connectivity index is 1.17. The molecule has 0 aromatic rings. The number of esters is 1. The molecule has 10 heteroatoms. The molecule has 4 rings (SSSR count). The van der Waals surface area contributed by atoms with Crippen LogP contribution in [0.2, 0.25) is 0 Å². The standard InChI is InChI=1S/C53H92N2O8/c1-7-8-9-10-11-12-13-14-15-16-17-18-19-23-47(56)46(36-63-51(61)29-28-50(59)60)55-48(57)35-54-49(58)37-62-41-30-32-52(5)40(34-41)24-25-42-44-27-26-43(39(4)22-20-21-38(2)3)53(44,6)33-31-45(42)52/h19,23,38-47,56H,7-18,20-22,24-37H2,1-6H3,(H,54,58)(H,55,57)(H,59,60)/t39?,40?,41-,42?,43+,44?,45?,46-,47+,52-,53+/m0/s1. The van der Waals surface area contributed by atoms with E-state index in [0.717, 1.165) is 74.0 Å². The smallest absolute Gasteiger partial charge is 0.306 e. The van der Waals surface area contributed by atoms with E-state index in [1.54, 1.807) is 6.08 Å². The maximum atomic E-state index is 13.0. The molecule has 0 saturated heterocycles. The van der Waals surface area contributed by atoms with Gasteiger partial charge in [0.2, 0.25) is 11.8 Å². The van der Waals surface area contributed by atoms with Crippen molar-refractivity contribution >= 4 is 23.8 Å². The van der Waals surface area contributed by atoms with E-state index < -0.39 is 30.0 Å². The number of ether oxygens (including phenoxy) is 2. The second-order valence-electron chi connectivity index (χ2n) is 21.7. The SMILES string of the molecule is CCCCCCCCCCCCCC=C[C@@H](O)[C@H](COC(=O)CCC(=O)O)NC(=O)CNC(=O)CO[C@H]1CC[C@@]2(C)C(CCC3C2CC[C@@]2(C)C3CC[C@@H]2C(C)CCCC(C)C)C1. The number of carboxylic acid groups (broad SMARTS) is 1. The highest BCUT2D eigenvalue weighted by Crippen LogP contribution is 2.68. The predicted octanol–water partition coefficient (Wildman–Crippen LogP) is 11.1. The second-order valence-corrected chi connectivity index (χ2v) is 21.7. The summed E-state index contributed by atoms with van der Waals surface area (Å²) in [6.45, 7) is 14.0. The lowest BCUT2D eigenvalue weighted by atomic mass is 9.44. The van der Waals surface area contributed by atoms with Crippen molar-refractivity contribution in [2.24, 2.45) is 52.3 Å². The number of unbranched alkanes of at least 4 members (excludes halogenated alkanes) is 11. The molecule has 0 radical (unpaired) electrons. The van der Waals surface area contributed by atoms with Crippen molar-refractivity contribution in [1.82, 2.24) is 10.6 Å². The Kier molecular flexibility index (Phi) is 23.0. The minimum Gasteiger partial charge on any atom is -0.481 e. The summed E-state index contributed by atoms with van der Waals surface area (Å²) in [7, 11) is 0. The molecule has 4 saturated carbocycles. The number of hydrogen-bond acceptors (Lipinski definition) is 7. The molecule has 63 heavy (non-hydrogen) atoms. The first-order chi connectivity index (χ1) is 30.2. The highest BCUT2D eigenvalue weighted by Gasteiger charge is 2.60. The lowest BCUT2D eigenvalue weighted by Gasteiger charge is -2.61. The number of fused-ring (bicyclic) bond motifs is 5. The topological polar surface area (TPSA) is 151 Å². The third kappa shape index (κ3) is 16.7. The molecule has 0 aromatic carbocycles. The van der Waals surface area contributed by atoms with Gasteiger partial charge in [0, 0.05) is 0 Å². The number of nitrogens with one attached hydrogen (secondary N) is 2. The molecular weight excluding hydrogens is 793 g/mol. The molecule has 0 aromatic heterocycles. The molecule has 4 aliphatic carbocycles. The van der Waals surface area contributed by atoms with Crippen LogP contribution in [0.25, 0.3) is 0 Å². The van der Waals surface area contributed by atoms with Crippen LogP contribution in [0.3, 0.4) is 0 Å². The minimum atomic E-state index is -1.14. The number of aliphatic hydroxyl groups excluding tert-OH is 1. The average molecular weight is 885 g/mol. The van der Waals surface area contributed by atoms with Crippen molar-refractivity contribution < 1.29 is 38.9 Å². The van der Waals surface area contributed by atoms with Gasteiger partial charge in [0.15, 0.2) is 0 Å². The van der Waals surface area contributed by atoms with Gasteiger partial charge in [-0.1, -0.05) is 137 Å². The van der Waals surface area contributed by atoms with Crippen LogP contribution in [-0.2, 0) is 28.7 Å². The number of aliphatic carboxylic acids is 1. The largest absolute Gasteiger partial charge is 0.481 e. The second kappa shape index (κ2) is 27.2. The molecule has 5 unspecified atom stereocenters. The highest BCUT2D eigenvalue weighted by atomic mass is 16.5. The Morgan fingerprint density at radius 2 is 1.43 bits per heavy atom. The molecule has 362 valence electrons. The van der Waals surface area contributed by atoms with Gasteiger partial charge in [-0.05, 0) is 123 Å². The quantitative estimate of drug-likeness (QED) is 0.0316. The van der Waals surface area contributed by atoms with Gasteiger partial charge in [-0.25, -0.2) is 0 Å². The summed E-state index contributed by atoms with van der Waals surface area (Å²) in [5.74, 6) is 2.84. The summed E-state index contributed by atoms with van der Waals surface area (Å²) in [5, 5.41) is 25.3. The van der Waals surface area contributed by atoms with Crippen LogP contribution < -0.4 is 10.6 Å². The molecule has 2 amide bonds. The van der Waals surface area contributed by atoms with Crippen molar-refractivity contribution in [1.29, 1.82) is 0 Å². The Hall–Kier alpha value is -2.46. The zero-order valence-corrected chi connectivity index (χ0v) is 40.8. The molecule has 0 bridgehead atoms. The summed E-state index contributed by atoms with van der Waals surface area (Å²) >= 11 is 0. The molecule has 11 atom stereocenters. The number of carbonyl (C=O) groups is 4. The van der Waals surface area contributed by atoms with Crippen molar-refractivity contribution in [2.45, 2.75) is 227 Å². The van der Waals surface area contributed by atoms with E-state index in [2.05, 4.69) is 52.2 Å². The van der Waals surface area contributed by atoms with E-state index >= 15 is 0 Å². The van der Waals surface area contributed by atoms with E-state index in [-0.39, 0.29) is 44.6 Å². The summed E-state index contributed by atoms with van der Waals surface area (Å²) < 4.78 is 11.5. The normalized spacial score (nSPS) is 29.3. The van der Waals surface area contributed by atoms with Crippen LogP contribution in [0.15, 0.2) is 12.2 Å². The lowest BCUT2D eigenvalue weighted by molar-refractivity contribution is -0.149. The Labute approximate surface area is 383 Å². The van der Waals surface area contributed by atoms with Crippen molar-refractivity contribution in [3.63, 3.8) is 0 Å². The van der Waals surface area contributed by atoms with Gasteiger partial charge in [0.1, 0.15) is 13.2 Å². The van der Waals surface area contributed by atoms with Crippen LogP contribution in [0.1, 0.15) is 208 Å². The number of aliphatic hydroxyl groups is 1. The number of allylic oxidation sites excluding steroid dienone is 1. The van der Waals surface area contributed by atoms with Gasteiger partial charge in [0.05, 0.1) is 37.6 Å². The minimum absolute atomic E-state index is 0.0304. The van der Waals surface area contributed by atoms with Gasteiger partial charge in [-0.15, -0.1) is 0 Å². The monoisotopic (exact) mass is 885 g/mol. The number of carbonyl (C=O) groups excluding carboxylic acids is 3. The predicted molar refractivity (Wildman–Crippen MR) is 252 cm³/mol. The fourth-order valence-electron chi connectivity index (χ4n) is 13.1. The van der Waals surface area contributed by atoms with Crippen molar-refractivity contribution in [3.8, 4) is 0 Å². The van der Waals surface area contributed by atoms with Gasteiger partial charge in [-0.2, -0.15) is 0 Å². The van der Waals surface area contributed by atoms with Crippen LogP contribution in [0.4, 0.5) is 0 Å². The summed E-state index contributed by atoms with van der Waals surface area (Å²) in [6.07, 6.45) is 31.6. The van der Waals surface area contributed by atoms with E-state index in [1.807, 2.05) is 6.08 Å². The number of rotatable bonds is 30. The number of amides is 2. The zero-order valence-electron chi connectivity index (χ0n) is 40.8. The molecule has 10 nitrogen and oxygen atoms in total. The average Bonchev–Trinajstić information content (AvgIpc) is 3.61. The fraction of sp³-hybridized carbons (Fsp3) is 0.887. The summed E-state index contributed by atoms with van der Waals surface area (Å²) in [5.41, 5.74) is 0.824. The van der Waals surface area contributed by atoms with Crippen molar-refractivity contribution in [3.05, 3.63) is 12.2 Å². The number of carboxylic acids is 1. The first-order valence-corrected chi connectivity index (χ1v) is 26.1. The van der Waals surface area contributed by atoms with Crippen LogP contribution >= 0.6 is 0 Å². The third-order valence-electron chi connectivity index (χ3n) is 16.7. The van der Waals surface area contributed by atoms with E-state index in [4.69, 9.17) is 14.6 Å². The highest BCUT2D eigenvalue weighted by molar-refractivity contribution is 5.85. The van der Waals surface area contributed by atoms with E-state index in [1.165, 1.54) is 116 Å². The molecule has 4 aliphatic rings. The Morgan fingerprint density at radius 3 is 2.11 bits per heavy atom. The van der Waals surface area contributed by atoms with Crippen LogP contribution in [0.5, 0.6) is 0 Å². The Morgan fingerprint density at radius 1 is 0.762 bits per heavy atom. The van der Waals surface area contributed by atoms with Crippen LogP contribution in [-0.4, -0.2) is 72.0 Å². The van der Waals surface area contributed by atoms with Crippen molar-refractivity contribution in [2.75, 3.05) is 19.8 Å². The Bertz CT molecular complexity index is 1420. The molecule has 0 spiro atoms. The van der Waals surface area contributed by atoms with Gasteiger partial charge in [0.25, 0.3) is 0 Å². The third-order valence-corrected chi connectivity index (χ3v) is 16.7. The fourth-order valence-corrected chi connectivity index (χ4v) is 13.1. The lowest BCUT2D eigenvalue weighted by Crippen LogP contribution is -2.54. The zero-order chi connectivity index (χ0) is 45.8. The van der Waals surface area contributed by atoms with Gasteiger partial charge in [-0.3, -0.25) is 19.2 Å². The summed E-state index contributed by atoms with van der Waals surface area (Å²) in [4.78, 5) is 49.0. The van der Waals surface area contributed by atoms with E-state index in [9.17, 15) is 24.3 Å². The molecule has 4 N–H and O–H groups in total. The maximum Gasteiger partial charge on any atom is 0.306 e. The molecule has 0 aliphatic heterocycles. The first kappa shape index (κ1) is 53.2. The van der Waals surface area contributed by atoms with Gasteiger partial charge < -0.3 is 30.3 Å². The summed E-state index contributed by atoms with van der Waals surface area (Å²) in [6, 6.07) is -0.962. The molecular formula is C53H92N2O8. The first-order valence-electron chi connectivity index (χ1n) is 26.1. The number of hydrogen-bond donors (Lipinski definition) is 4. The van der Waals surface area contributed by atoms with Crippen LogP contribution in [0, 0.1) is 52.3 Å².